The Labute approximate surface area is 153 Å². The first kappa shape index (κ1) is 16.6. The van der Waals surface area contributed by atoms with Crippen molar-refractivity contribution in [1.82, 2.24) is 9.55 Å². The maximum absolute atomic E-state index is 8.74. The Balaban J connectivity index is 1.96. The van der Waals surface area contributed by atoms with Gasteiger partial charge < -0.3 is 4.57 Å². The van der Waals surface area contributed by atoms with Crippen LogP contribution in [0.15, 0.2) is 42.7 Å². The van der Waals surface area contributed by atoms with Crippen LogP contribution in [0.5, 0.6) is 0 Å². The molecular formula is C23H23N3. The van der Waals surface area contributed by atoms with Gasteiger partial charge in [0.15, 0.2) is 0 Å². The molecule has 0 fully saturated rings. The number of para-hydroxylation sites is 1. The number of nitriles is 1. The summed E-state index contributed by atoms with van der Waals surface area (Å²) in [6.45, 7) is 5.44. The van der Waals surface area contributed by atoms with Gasteiger partial charge in [-0.3, -0.25) is 4.98 Å². The van der Waals surface area contributed by atoms with Gasteiger partial charge in [0, 0.05) is 47.0 Å². The molecule has 0 aliphatic heterocycles. The number of nitrogens with zero attached hydrogens (tertiary/aromatic N) is 3. The zero-order chi connectivity index (χ0) is 18.1. The largest absolute Gasteiger partial charge is 0.340 e. The van der Waals surface area contributed by atoms with Crippen molar-refractivity contribution in [2.24, 2.45) is 0 Å². The van der Waals surface area contributed by atoms with Crippen molar-refractivity contribution in [3.8, 4) is 6.07 Å². The SMILES string of the molecule is Cc1c2cnccc2c(C)c2c1c1ccccc1n2CCCCCC#N. The Hall–Kier alpha value is -2.86. The highest BCUT2D eigenvalue weighted by Gasteiger charge is 2.17. The van der Waals surface area contributed by atoms with Crippen molar-refractivity contribution in [2.75, 3.05) is 0 Å². The molecule has 2 heterocycles. The lowest BCUT2D eigenvalue weighted by atomic mass is 9.97. The number of unbranched alkanes of at least 4 members (excludes halogenated alkanes) is 3. The molecule has 0 amide bonds. The summed E-state index contributed by atoms with van der Waals surface area (Å²) in [5, 5.41) is 14.0. The summed E-state index contributed by atoms with van der Waals surface area (Å²) in [5.74, 6) is 0. The first-order valence-electron chi connectivity index (χ1n) is 9.35. The van der Waals surface area contributed by atoms with E-state index in [9.17, 15) is 0 Å². The van der Waals surface area contributed by atoms with Gasteiger partial charge in [-0.1, -0.05) is 24.6 Å². The molecular weight excluding hydrogens is 318 g/mol. The van der Waals surface area contributed by atoms with Gasteiger partial charge in [0.1, 0.15) is 0 Å². The quantitative estimate of drug-likeness (QED) is 0.415. The molecule has 0 atom stereocenters. The summed E-state index contributed by atoms with van der Waals surface area (Å²) >= 11 is 0. The lowest BCUT2D eigenvalue weighted by Gasteiger charge is -2.13. The molecule has 130 valence electrons. The highest BCUT2D eigenvalue weighted by molar-refractivity contribution is 6.16. The molecule has 26 heavy (non-hydrogen) atoms. The molecule has 2 aromatic heterocycles. The highest BCUT2D eigenvalue weighted by atomic mass is 15.0. The third-order valence-electron chi connectivity index (χ3n) is 5.50. The van der Waals surface area contributed by atoms with E-state index >= 15 is 0 Å². The van der Waals surface area contributed by atoms with E-state index in [1.54, 1.807) is 0 Å². The zero-order valence-corrected chi connectivity index (χ0v) is 15.4. The van der Waals surface area contributed by atoms with Gasteiger partial charge in [0.2, 0.25) is 0 Å². The number of pyridine rings is 1. The summed E-state index contributed by atoms with van der Waals surface area (Å²) < 4.78 is 2.49. The van der Waals surface area contributed by atoms with Gasteiger partial charge in [0.25, 0.3) is 0 Å². The van der Waals surface area contributed by atoms with Crippen LogP contribution >= 0.6 is 0 Å². The third kappa shape index (κ3) is 2.54. The number of aryl methyl sites for hydroxylation is 3. The number of hydrogen-bond acceptors (Lipinski definition) is 2. The molecule has 0 spiro atoms. The van der Waals surface area contributed by atoms with Crippen LogP contribution in [0.25, 0.3) is 32.6 Å². The summed E-state index contributed by atoms with van der Waals surface area (Å²) in [6.07, 6.45) is 7.71. The second-order valence-electron chi connectivity index (χ2n) is 7.03. The van der Waals surface area contributed by atoms with Crippen molar-refractivity contribution in [2.45, 2.75) is 46.1 Å². The van der Waals surface area contributed by atoms with E-state index in [0.717, 1.165) is 25.8 Å². The molecule has 0 aliphatic rings. The van der Waals surface area contributed by atoms with Crippen molar-refractivity contribution >= 4 is 32.6 Å². The Morgan fingerprint density at radius 1 is 0.962 bits per heavy atom. The second kappa shape index (κ2) is 6.80. The topological polar surface area (TPSA) is 41.6 Å². The molecule has 0 saturated carbocycles. The van der Waals surface area contributed by atoms with Crippen molar-refractivity contribution < 1.29 is 0 Å². The summed E-state index contributed by atoms with van der Waals surface area (Å²) in [5.41, 5.74) is 5.30. The summed E-state index contributed by atoms with van der Waals surface area (Å²) in [6, 6.07) is 13.1. The third-order valence-corrected chi connectivity index (χ3v) is 5.50. The van der Waals surface area contributed by atoms with E-state index in [-0.39, 0.29) is 0 Å². The standard InChI is InChI=1S/C23H23N3/c1-16-20-15-25-13-11-18(20)17(2)23-22(16)19-9-5-6-10-21(19)26(23)14-8-4-3-7-12-24/h5-6,9-11,13,15H,3-4,7-8,14H2,1-2H3. The molecule has 3 heteroatoms. The first-order chi connectivity index (χ1) is 12.7. The fraction of sp³-hybridized carbons (Fsp3) is 0.304. The monoisotopic (exact) mass is 341 g/mol. The smallest absolute Gasteiger partial charge is 0.0621 e. The number of hydrogen-bond donors (Lipinski definition) is 0. The van der Waals surface area contributed by atoms with E-state index in [1.807, 2.05) is 12.4 Å². The van der Waals surface area contributed by atoms with Gasteiger partial charge in [0.05, 0.1) is 11.6 Å². The van der Waals surface area contributed by atoms with Gasteiger partial charge >= 0.3 is 0 Å². The summed E-state index contributed by atoms with van der Waals surface area (Å²) in [4.78, 5) is 4.35. The highest BCUT2D eigenvalue weighted by Crippen LogP contribution is 2.38. The molecule has 0 aliphatic carbocycles. The van der Waals surface area contributed by atoms with Crippen LogP contribution < -0.4 is 0 Å². The zero-order valence-electron chi connectivity index (χ0n) is 15.4. The molecule has 0 radical (unpaired) electrons. The minimum absolute atomic E-state index is 0.656. The number of rotatable bonds is 5. The minimum atomic E-state index is 0.656. The van der Waals surface area contributed by atoms with Gasteiger partial charge in [-0.25, -0.2) is 0 Å². The lowest BCUT2D eigenvalue weighted by molar-refractivity contribution is 0.614. The van der Waals surface area contributed by atoms with E-state index in [4.69, 9.17) is 5.26 Å². The van der Waals surface area contributed by atoms with Crippen LogP contribution in [0, 0.1) is 25.2 Å². The molecule has 0 N–H and O–H groups in total. The Morgan fingerprint density at radius 3 is 2.65 bits per heavy atom. The molecule has 0 unspecified atom stereocenters. The van der Waals surface area contributed by atoms with Crippen LogP contribution in [0.3, 0.4) is 0 Å². The van der Waals surface area contributed by atoms with E-state index in [0.29, 0.717) is 6.42 Å². The van der Waals surface area contributed by atoms with Gasteiger partial charge in [-0.15, -0.1) is 0 Å². The fourth-order valence-electron chi connectivity index (χ4n) is 4.24. The molecule has 0 bridgehead atoms. The maximum Gasteiger partial charge on any atom is 0.0621 e. The molecule has 0 saturated heterocycles. The van der Waals surface area contributed by atoms with Crippen LogP contribution in [0.2, 0.25) is 0 Å². The van der Waals surface area contributed by atoms with Crippen molar-refractivity contribution in [1.29, 1.82) is 5.26 Å². The number of aromatic nitrogens is 2. The second-order valence-corrected chi connectivity index (χ2v) is 7.03. The summed E-state index contributed by atoms with van der Waals surface area (Å²) in [7, 11) is 0. The molecule has 2 aromatic carbocycles. The van der Waals surface area contributed by atoms with Gasteiger partial charge in [-0.2, -0.15) is 5.26 Å². The fourth-order valence-corrected chi connectivity index (χ4v) is 4.24. The van der Waals surface area contributed by atoms with Crippen LogP contribution in [0.1, 0.15) is 36.8 Å². The first-order valence-corrected chi connectivity index (χ1v) is 9.35. The van der Waals surface area contributed by atoms with Crippen LogP contribution in [-0.4, -0.2) is 9.55 Å². The average Bonchev–Trinajstić information content (AvgIpc) is 3.01. The predicted molar refractivity (Wildman–Crippen MR) is 108 cm³/mol. The van der Waals surface area contributed by atoms with E-state index in [1.165, 1.54) is 43.7 Å². The normalized spacial score (nSPS) is 11.4. The predicted octanol–water partition coefficient (Wildman–Crippen LogP) is 6.04. The Morgan fingerprint density at radius 2 is 1.81 bits per heavy atom. The molecule has 4 aromatic rings. The van der Waals surface area contributed by atoms with Crippen LogP contribution in [0.4, 0.5) is 0 Å². The average molecular weight is 341 g/mol. The van der Waals surface area contributed by atoms with Crippen molar-refractivity contribution in [3.63, 3.8) is 0 Å². The molecule has 4 rings (SSSR count). The minimum Gasteiger partial charge on any atom is -0.340 e. The van der Waals surface area contributed by atoms with E-state index in [2.05, 4.69) is 59.8 Å². The Kier molecular flexibility index (Phi) is 4.34. The van der Waals surface area contributed by atoms with Gasteiger partial charge in [-0.05, 0) is 55.3 Å². The van der Waals surface area contributed by atoms with Crippen LogP contribution in [-0.2, 0) is 6.54 Å². The molecule has 3 nitrogen and oxygen atoms in total. The lowest BCUT2D eigenvalue weighted by Crippen LogP contribution is -2.00. The van der Waals surface area contributed by atoms with E-state index < -0.39 is 0 Å². The Bertz CT molecular complexity index is 1150. The number of benzene rings is 2. The number of fused-ring (bicyclic) bond motifs is 4. The maximum atomic E-state index is 8.74. The van der Waals surface area contributed by atoms with Crippen molar-refractivity contribution in [3.05, 3.63) is 53.9 Å².